The molecule has 0 bridgehead atoms. The van der Waals surface area contributed by atoms with Crippen molar-refractivity contribution in [3.05, 3.63) is 78.9 Å². The first kappa shape index (κ1) is 25.4. The maximum absolute atomic E-state index is 12.8. The second-order valence-electron chi connectivity index (χ2n) is 8.73. The zero-order chi connectivity index (χ0) is 25.5. The quantitative estimate of drug-likeness (QED) is 0.380. The molecule has 36 heavy (non-hydrogen) atoms. The third-order valence-electron chi connectivity index (χ3n) is 6.15. The number of benzene rings is 3. The summed E-state index contributed by atoms with van der Waals surface area (Å²) in [5.41, 5.74) is 3.58. The van der Waals surface area contributed by atoms with E-state index in [1.54, 1.807) is 36.4 Å². The molecule has 1 fully saturated rings. The van der Waals surface area contributed by atoms with Crippen LogP contribution in [0.1, 0.15) is 25.7 Å². The summed E-state index contributed by atoms with van der Waals surface area (Å²) >= 11 is 0. The van der Waals surface area contributed by atoms with Gasteiger partial charge in [0.25, 0.3) is 0 Å². The van der Waals surface area contributed by atoms with Gasteiger partial charge in [-0.15, -0.1) is 0 Å². The number of carboxylic acid groups (broad SMARTS) is 1. The van der Waals surface area contributed by atoms with E-state index in [0.717, 1.165) is 24.2 Å². The van der Waals surface area contributed by atoms with Crippen LogP contribution in [0.3, 0.4) is 0 Å². The highest BCUT2D eigenvalue weighted by Gasteiger charge is 2.26. The molecule has 188 valence electrons. The number of aliphatic carboxylic acids is 1. The number of nitrogens with zero attached hydrogens (tertiary/aromatic N) is 1. The maximum atomic E-state index is 12.8. The van der Waals surface area contributed by atoms with Crippen LogP contribution in [-0.4, -0.2) is 44.5 Å². The Hall–Kier alpha value is -3.69. The molecular weight excluding hydrogens is 478 g/mol. The molecule has 0 aliphatic carbocycles. The molecule has 0 radical (unpaired) electrons. The van der Waals surface area contributed by atoms with Crippen LogP contribution < -0.4 is 14.9 Å². The molecule has 0 saturated carbocycles. The average molecular weight is 508 g/mol. The number of carboxylic acids is 1. The summed E-state index contributed by atoms with van der Waals surface area (Å²) in [4.78, 5) is 26.1. The van der Waals surface area contributed by atoms with Crippen molar-refractivity contribution in [1.82, 2.24) is 4.72 Å². The highest BCUT2D eigenvalue weighted by molar-refractivity contribution is 7.89. The number of hydrogen-bond acceptors (Lipinski definition) is 5. The number of carbonyl (C=O) groups is 2. The van der Waals surface area contributed by atoms with Crippen molar-refractivity contribution >= 4 is 33.3 Å². The number of anilines is 2. The van der Waals surface area contributed by atoms with Crippen LogP contribution in [0.2, 0.25) is 0 Å². The lowest BCUT2D eigenvalue weighted by molar-refractivity contribution is -0.139. The predicted molar refractivity (Wildman–Crippen MR) is 139 cm³/mol. The minimum absolute atomic E-state index is 0.0417. The molecular formula is C27H29N3O5S. The van der Waals surface area contributed by atoms with Gasteiger partial charge in [0, 0.05) is 30.9 Å². The van der Waals surface area contributed by atoms with Crippen molar-refractivity contribution in [3.63, 3.8) is 0 Å². The second-order valence-corrected chi connectivity index (χ2v) is 10.4. The number of sulfonamides is 1. The maximum Gasteiger partial charge on any atom is 0.321 e. The Labute approximate surface area is 211 Å². The molecule has 3 N–H and O–H groups in total. The summed E-state index contributed by atoms with van der Waals surface area (Å²) in [5.74, 6) is -1.74. The van der Waals surface area contributed by atoms with E-state index in [4.69, 9.17) is 0 Å². The molecule has 1 aliphatic heterocycles. The summed E-state index contributed by atoms with van der Waals surface area (Å²) in [5, 5.41) is 12.2. The van der Waals surface area contributed by atoms with Gasteiger partial charge < -0.3 is 15.3 Å². The smallest absolute Gasteiger partial charge is 0.321 e. The van der Waals surface area contributed by atoms with Gasteiger partial charge in [-0.1, -0.05) is 42.5 Å². The molecule has 0 spiro atoms. The van der Waals surface area contributed by atoms with E-state index in [1.165, 1.54) is 30.7 Å². The van der Waals surface area contributed by atoms with Gasteiger partial charge in [-0.2, -0.15) is 4.72 Å². The monoisotopic (exact) mass is 507 g/mol. The van der Waals surface area contributed by atoms with Crippen LogP contribution in [0.4, 0.5) is 11.4 Å². The minimum Gasteiger partial charge on any atom is -0.480 e. The van der Waals surface area contributed by atoms with Crippen molar-refractivity contribution in [1.29, 1.82) is 0 Å². The molecule has 1 saturated heterocycles. The zero-order valence-corrected chi connectivity index (χ0v) is 20.6. The molecule has 4 rings (SSSR count). The molecule has 1 heterocycles. The second kappa shape index (κ2) is 11.4. The average Bonchev–Trinajstić information content (AvgIpc) is 3.42. The lowest BCUT2D eigenvalue weighted by atomic mass is 10.1. The van der Waals surface area contributed by atoms with E-state index in [0.29, 0.717) is 5.69 Å². The zero-order valence-electron chi connectivity index (χ0n) is 19.8. The molecule has 9 heteroatoms. The van der Waals surface area contributed by atoms with Gasteiger partial charge >= 0.3 is 5.97 Å². The van der Waals surface area contributed by atoms with Gasteiger partial charge in [0.05, 0.1) is 4.90 Å². The highest BCUT2D eigenvalue weighted by Crippen LogP contribution is 2.26. The lowest BCUT2D eigenvalue weighted by Gasteiger charge is -2.18. The summed E-state index contributed by atoms with van der Waals surface area (Å²) < 4.78 is 27.9. The van der Waals surface area contributed by atoms with Crippen LogP contribution in [0.15, 0.2) is 83.8 Å². The first-order chi connectivity index (χ1) is 17.3. The number of hydrogen-bond donors (Lipinski definition) is 3. The summed E-state index contributed by atoms with van der Waals surface area (Å²) in [6.07, 6.45) is 2.07. The highest BCUT2D eigenvalue weighted by atomic mass is 32.2. The Morgan fingerprint density at radius 2 is 1.44 bits per heavy atom. The number of carbonyl (C=O) groups excluding carboxylic acids is 1. The molecule has 3 aromatic rings. The fraction of sp³-hybridized carbons (Fsp3) is 0.259. The lowest BCUT2D eigenvalue weighted by Crippen LogP contribution is -2.41. The fourth-order valence-electron chi connectivity index (χ4n) is 4.18. The Kier molecular flexibility index (Phi) is 8.02. The third kappa shape index (κ3) is 6.50. The first-order valence-corrected chi connectivity index (χ1v) is 13.4. The van der Waals surface area contributed by atoms with Crippen LogP contribution in [-0.2, 0) is 19.6 Å². The van der Waals surface area contributed by atoms with Gasteiger partial charge in [-0.25, -0.2) is 8.42 Å². The Balaban J connectivity index is 1.38. The fourth-order valence-corrected chi connectivity index (χ4v) is 5.40. The third-order valence-corrected chi connectivity index (χ3v) is 7.64. The molecule has 1 amide bonds. The number of nitrogens with one attached hydrogen (secondary N) is 2. The molecule has 0 unspecified atom stereocenters. The van der Waals surface area contributed by atoms with Gasteiger partial charge in [0.1, 0.15) is 6.04 Å². The van der Waals surface area contributed by atoms with E-state index in [1.807, 2.05) is 18.2 Å². The van der Waals surface area contributed by atoms with Gasteiger partial charge in [0.2, 0.25) is 15.9 Å². The standard InChI is InChI=1S/C27H29N3O5S/c31-26(28-22-6-2-1-3-7-22)17-16-25(27(32)33)29-36(34,35)24-14-10-21(11-15-24)20-8-12-23(13-9-20)30-18-4-5-19-30/h1-3,6-15,25,29H,4-5,16-19H2,(H,28,31)(H,32,33)/t25-/m0/s1. The van der Waals surface area contributed by atoms with Crippen molar-refractivity contribution in [2.24, 2.45) is 0 Å². The largest absolute Gasteiger partial charge is 0.480 e. The number of para-hydroxylation sites is 1. The Morgan fingerprint density at radius 1 is 0.861 bits per heavy atom. The van der Waals surface area contributed by atoms with Crippen LogP contribution in [0.25, 0.3) is 11.1 Å². The molecule has 1 aliphatic rings. The van der Waals surface area contributed by atoms with E-state index in [2.05, 4.69) is 27.1 Å². The molecule has 1 atom stereocenters. The predicted octanol–water partition coefficient (Wildman–Crippen LogP) is 4.10. The van der Waals surface area contributed by atoms with Gasteiger partial charge in [-0.3, -0.25) is 9.59 Å². The van der Waals surface area contributed by atoms with E-state index in [-0.39, 0.29) is 17.7 Å². The molecule has 0 aromatic heterocycles. The van der Waals surface area contributed by atoms with Crippen molar-refractivity contribution in [2.45, 2.75) is 36.6 Å². The first-order valence-electron chi connectivity index (χ1n) is 11.9. The summed E-state index contributed by atoms with van der Waals surface area (Å²) in [6, 6.07) is 21.8. The van der Waals surface area contributed by atoms with Gasteiger partial charge in [0.15, 0.2) is 0 Å². The SMILES string of the molecule is O=C(CC[C@H](NS(=O)(=O)c1ccc(-c2ccc(N3CCCC3)cc2)cc1)C(=O)O)Nc1ccccc1. The van der Waals surface area contributed by atoms with Gasteiger partial charge in [-0.05, 0) is 66.8 Å². The molecule has 8 nitrogen and oxygen atoms in total. The van der Waals surface area contributed by atoms with Crippen LogP contribution in [0.5, 0.6) is 0 Å². The van der Waals surface area contributed by atoms with Crippen molar-refractivity contribution < 1.29 is 23.1 Å². The number of rotatable bonds is 10. The minimum atomic E-state index is -4.10. The Morgan fingerprint density at radius 3 is 2.03 bits per heavy atom. The molecule has 3 aromatic carbocycles. The number of amides is 1. The van der Waals surface area contributed by atoms with Crippen molar-refractivity contribution in [2.75, 3.05) is 23.3 Å². The van der Waals surface area contributed by atoms with E-state index < -0.39 is 27.9 Å². The Bertz CT molecular complexity index is 1290. The van der Waals surface area contributed by atoms with E-state index >= 15 is 0 Å². The summed E-state index contributed by atoms with van der Waals surface area (Å²) in [6.45, 7) is 2.13. The van der Waals surface area contributed by atoms with Crippen molar-refractivity contribution in [3.8, 4) is 11.1 Å². The van der Waals surface area contributed by atoms with Crippen LogP contribution >= 0.6 is 0 Å². The van der Waals surface area contributed by atoms with Crippen LogP contribution in [0, 0.1) is 0 Å². The summed E-state index contributed by atoms with van der Waals surface area (Å²) in [7, 11) is -4.10. The van der Waals surface area contributed by atoms with E-state index in [9.17, 15) is 23.1 Å². The topological polar surface area (TPSA) is 116 Å². The normalized spacial score (nSPS) is 14.4.